The van der Waals surface area contributed by atoms with E-state index in [0.29, 0.717) is 24.6 Å². The number of carbonyl (C=O) groups excluding carboxylic acids is 1. The van der Waals surface area contributed by atoms with Gasteiger partial charge in [0.25, 0.3) is 0 Å². The van der Waals surface area contributed by atoms with Crippen LogP contribution in [0.5, 0.6) is 11.5 Å². The number of benzene rings is 2. The van der Waals surface area contributed by atoms with E-state index in [1.807, 2.05) is 48.2 Å². The van der Waals surface area contributed by atoms with Crippen LogP contribution in [0.3, 0.4) is 0 Å². The second-order valence-electron chi connectivity index (χ2n) is 6.82. The maximum Gasteiger partial charge on any atom is 0.321 e. The highest BCUT2D eigenvalue weighted by Crippen LogP contribution is 2.24. The highest BCUT2D eigenvalue weighted by molar-refractivity contribution is 5.91. The van der Waals surface area contributed by atoms with Crippen LogP contribution in [-0.4, -0.2) is 55.7 Å². The molecule has 0 aromatic heterocycles. The first-order chi connectivity index (χ1) is 13.7. The zero-order chi connectivity index (χ0) is 19.8. The number of rotatable bonds is 6. The lowest BCUT2D eigenvalue weighted by molar-refractivity contribution is 0.211. The summed E-state index contributed by atoms with van der Waals surface area (Å²) in [5.74, 6) is 1.57. The first-order valence-corrected chi connectivity index (χ1v) is 9.82. The molecular formula is C22H29N3O3. The Bertz CT molecular complexity index is 764. The predicted molar refractivity (Wildman–Crippen MR) is 111 cm³/mol. The quantitative estimate of drug-likeness (QED) is 0.824. The Morgan fingerprint density at radius 2 is 1.82 bits per heavy atom. The minimum atomic E-state index is -0.0709. The lowest BCUT2D eigenvalue weighted by Gasteiger charge is -2.23. The Morgan fingerprint density at radius 3 is 2.57 bits per heavy atom. The molecule has 1 heterocycles. The van der Waals surface area contributed by atoms with Gasteiger partial charge in [-0.05, 0) is 43.2 Å². The maximum absolute atomic E-state index is 12.7. The Kier molecular flexibility index (Phi) is 7.14. The van der Waals surface area contributed by atoms with Crippen LogP contribution in [0, 0.1) is 0 Å². The van der Waals surface area contributed by atoms with Crippen LogP contribution in [0.1, 0.15) is 18.9 Å². The minimum absolute atomic E-state index is 0.0709. The summed E-state index contributed by atoms with van der Waals surface area (Å²) in [4.78, 5) is 17.0. The number of hydrogen-bond acceptors (Lipinski definition) is 4. The van der Waals surface area contributed by atoms with Gasteiger partial charge in [-0.1, -0.05) is 24.3 Å². The van der Waals surface area contributed by atoms with Crippen LogP contribution in [0.2, 0.25) is 0 Å². The summed E-state index contributed by atoms with van der Waals surface area (Å²) in [7, 11) is 1.68. The second kappa shape index (κ2) is 9.99. The van der Waals surface area contributed by atoms with Gasteiger partial charge in [0.1, 0.15) is 11.5 Å². The Morgan fingerprint density at radius 1 is 1.04 bits per heavy atom. The molecule has 0 atom stereocenters. The number of methoxy groups -OCH3 is 1. The molecule has 6 heteroatoms. The van der Waals surface area contributed by atoms with Crippen molar-refractivity contribution in [3.8, 4) is 11.5 Å². The van der Waals surface area contributed by atoms with E-state index in [2.05, 4.69) is 22.3 Å². The standard InChI is InChI=1S/C22H29N3O3/c1-3-28-21-8-5-4-7-20(21)23-22(26)25-14-6-13-24(15-16-25)17-18-9-11-19(27-2)12-10-18/h4-5,7-12H,3,6,13-17H2,1-2H3,(H,23,26). The lowest BCUT2D eigenvalue weighted by atomic mass is 10.2. The van der Waals surface area contributed by atoms with Crippen LogP contribution in [0.15, 0.2) is 48.5 Å². The number of urea groups is 1. The molecule has 0 unspecified atom stereocenters. The van der Waals surface area contributed by atoms with Gasteiger partial charge in [0.05, 0.1) is 19.4 Å². The molecule has 1 N–H and O–H groups in total. The highest BCUT2D eigenvalue weighted by Gasteiger charge is 2.20. The van der Waals surface area contributed by atoms with Crippen molar-refractivity contribution in [2.45, 2.75) is 19.9 Å². The zero-order valence-corrected chi connectivity index (χ0v) is 16.7. The molecule has 0 aliphatic carbocycles. The van der Waals surface area contributed by atoms with Crippen LogP contribution in [-0.2, 0) is 6.54 Å². The van der Waals surface area contributed by atoms with Gasteiger partial charge in [0, 0.05) is 32.7 Å². The summed E-state index contributed by atoms with van der Waals surface area (Å²) in [5, 5.41) is 3.00. The van der Waals surface area contributed by atoms with Gasteiger partial charge in [-0.3, -0.25) is 4.90 Å². The van der Waals surface area contributed by atoms with Gasteiger partial charge in [0.2, 0.25) is 0 Å². The molecule has 1 fully saturated rings. The van der Waals surface area contributed by atoms with E-state index < -0.39 is 0 Å². The Hall–Kier alpha value is -2.73. The first kappa shape index (κ1) is 20.0. The number of nitrogens with one attached hydrogen (secondary N) is 1. The van der Waals surface area contributed by atoms with E-state index in [-0.39, 0.29) is 6.03 Å². The molecule has 0 spiro atoms. The highest BCUT2D eigenvalue weighted by atomic mass is 16.5. The summed E-state index contributed by atoms with van der Waals surface area (Å²) in [6, 6.07) is 15.7. The van der Waals surface area contributed by atoms with Gasteiger partial charge in [-0.25, -0.2) is 4.79 Å². The lowest BCUT2D eigenvalue weighted by Crippen LogP contribution is -2.38. The molecule has 150 valence electrons. The Labute approximate surface area is 167 Å². The molecule has 0 saturated carbocycles. The van der Waals surface area contributed by atoms with E-state index in [1.165, 1.54) is 5.56 Å². The number of para-hydroxylation sites is 2. The van der Waals surface area contributed by atoms with Crippen molar-refractivity contribution in [2.24, 2.45) is 0 Å². The van der Waals surface area contributed by atoms with E-state index in [9.17, 15) is 4.79 Å². The van der Waals surface area contributed by atoms with Crippen molar-refractivity contribution in [3.63, 3.8) is 0 Å². The number of ether oxygens (including phenoxy) is 2. The molecule has 6 nitrogen and oxygen atoms in total. The van der Waals surface area contributed by atoms with Crippen molar-refractivity contribution in [3.05, 3.63) is 54.1 Å². The molecule has 1 saturated heterocycles. The zero-order valence-electron chi connectivity index (χ0n) is 16.7. The summed E-state index contributed by atoms with van der Waals surface area (Å²) < 4.78 is 10.8. The third-order valence-electron chi connectivity index (χ3n) is 4.87. The van der Waals surface area contributed by atoms with E-state index in [1.54, 1.807) is 7.11 Å². The molecule has 1 aliphatic rings. The monoisotopic (exact) mass is 383 g/mol. The normalized spacial score (nSPS) is 15.0. The summed E-state index contributed by atoms with van der Waals surface area (Å²) in [6.07, 6.45) is 0.955. The fraction of sp³-hybridized carbons (Fsp3) is 0.409. The molecule has 0 radical (unpaired) electrons. The molecule has 3 rings (SSSR count). The fourth-order valence-electron chi connectivity index (χ4n) is 3.37. The van der Waals surface area contributed by atoms with Crippen LogP contribution >= 0.6 is 0 Å². The topological polar surface area (TPSA) is 54.0 Å². The van der Waals surface area contributed by atoms with E-state index in [4.69, 9.17) is 9.47 Å². The molecule has 2 aromatic carbocycles. The smallest absolute Gasteiger partial charge is 0.321 e. The van der Waals surface area contributed by atoms with Gasteiger partial charge >= 0.3 is 6.03 Å². The number of amides is 2. The van der Waals surface area contributed by atoms with E-state index >= 15 is 0 Å². The predicted octanol–water partition coefficient (Wildman–Crippen LogP) is 3.83. The third kappa shape index (κ3) is 5.39. The minimum Gasteiger partial charge on any atom is -0.497 e. The SMILES string of the molecule is CCOc1ccccc1NC(=O)N1CCCN(Cc2ccc(OC)cc2)CC1. The number of nitrogens with zero attached hydrogens (tertiary/aromatic N) is 2. The molecule has 1 aliphatic heterocycles. The van der Waals surface area contributed by atoms with Gasteiger partial charge in [0.15, 0.2) is 0 Å². The Balaban J connectivity index is 1.55. The molecular weight excluding hydrogens is 354 g/mol. The van der Waals surface area contributed by atoms with Crippen molar-refractivity contribution in [1.82, 2.24) is 9.80 Å². The van der Waals surface area contributed by atoms with Crippen molar-refractivity contribution >= 4 is 11.7 Å². The summed E-state index contributed by atoms with van der Waals surface area (Å²) >= 11 is 0. The van der Waals surface area contributed by atoms with Crippen LogP contribution in [0.4, 0.5) is 10.5 Å². The number of anilines is 1. The molecule has 28 heavy (non-hydrogen) atoms. The van der Waals surface area contributed by atoms with Gasteiger partial charge < -0.3 is 19.7 Å². The van der Waals surface area contributed by atoms with Gasteiger partial charge in [-0.15, -0.1) is 0 Å². The average molecular weight is 383 g/mol. The summed E-state index contributed by atoms with van der Waals surface area (Å²) in [5.41, 5.74) is 1.97. The van der Waals surface area contributed by atoms with Crippen LogP contribution in [0.25, 0.3) is 0 Å². The third-order valence-corrected chi connectivity index (χ3v) is 4.87. The maximum atomic E-state index is 12.7. The summed E-state index contributed by atoms with van der Waals surface area (Å²) in [6.45, 7) is 6.67. The molecule has 2 amide bonds. The van der Waals surface area contributed by atoms with Gasteiger partial charge in [-0.2, -0.15) is 0 Å². The molecule has 2 aromatic rings. The largest absolute Gasteiger partial charge is 0.497 e. The fourth-order valence-corrected chi connectivity index (χ4v) is 3.37. The number of carbonyl (C=O) groups is 1. The number of hydrogen-bond donors (Lipinski definition) is 1. The van der Waals surface area contributed by atoms with Crippen molar-refractivity contribution < 1.29 is 14.3 Å². The van der Waals surface area contributed by atoms with Crippen molar-refractivity contribution in [1.29, 1.82) is 0 Å². The molecule has 0 bridgehead atoms. The second-order valence-corrected chi connectivity index (χ2v) is 6.82. The first-order valence-electron chi connectivity index (χ1n) is 9.82. The van der Waals surface area contributed by atoms with Crippen molar-refractivity contribution in [2.75, 3.05) is 45.2 Å². The average Bonchev–Trinajstić information content (AvgIpc) is 2.96. The van der Waals surface area contributed by atoms with E-state index in [0.717, 1.165) is 38.3 Å². The van der Waals surface area contributed by atoms with Crippen LogP contribution < -0.4 is 14.8 Å².